The van der Waals surface area contributed by atoms with E-state index in [4.69, 9.17) is 28.3 Å². The number of rotatable bonds is 10. The standard InChI is InChI=1S/C14H19Cl2NO4S/c15-12-8-7-11(10-13(12)16)22(20,21)17-9-5-3-1-2-4-6-14(18)19/h7-8,10,17H,1-6,9H2,(H,18,19). The number of sulfonamides is 1. The number of carboxylic acid groups (broad SMARTS) is 1. The molecule has 0 spiro atoms. The van der Waals surface area contributed by atoms with Gasteiger partial charge in [-0.1, -0.05) is 42.5 Å². The van der Waals surface area contributed by atoms with Crippen molar-refractivity contribution in [1.82, 2.24) is 4.72 Å². The summed E-state index contributed by atoms with van der Waals surface area (Å²) in [5.41, 5.74) is 0. The van der Waals surface area contributed by atoms with E-state index < -0.39 is 16.0 Å². The van der Waals surface area contributed by atoms with E-state index in [2.05, 4.69) is 4.72 Å². The highest BCUT2D eigenvalue weighted by Crippen LogP contribution is 2.24. The van der Waals surface area contributed by atoms with Crippen LogP contribution in [0.3, 0.4) is 0 Å². The van der Waals surface area contributed by atoms with Crippen molar-refractivity contribution in [2.45, 2.75) is 43.4 Å². The zero-order valence-electron chi connectivity index (χ0n) is 12.0. The molecule has 8 heteroatoms. The van der Waals surface area contributed by atoms with Crippen molar-refractivity contribution < 1.29 is 18.3 Å². The van der Waals surface area contributed by atoms with E-state index in [9.17, 15) is 13.2 Å². The van der Waals surface area contributed by atoms with E-state index in [1.165, 1.54) is 18.2 Å². The molecule has 1 rings (SSSR count). The lowest BCUT2D eigenvalue weighted by atomic mass is 10.1. The van der Waals surface area contributed by atoms with Crippen molar-refractivity contribution in [3.63, 3.8) is 0 Å². The molecule has 0 aliphatic heterocycles. The van der Waals surface area contributed by atoms with E-state index >= 15 is 0 Å². The van der Waals surface area contributed by atoms with Crippen LogP contribution in [0.15, 0.2) is 23.1 Å². The number of aliphatic carboxylic acids is 1. The molecule has 0 saturated heterocycles. The lowest BCUT2D eigenvalue weighted by Gasteiger charge is -2.07. The topological polar surface area (TPSA) is 83.5 Å². The van der Waals surface area contributed by atoms with E-state index in [0.29, 0.717) is 24.4 Å². The lowest BCUT2D eigenvalue weighted by molar-refractivity contribution is -0.137. The van der Waals surface area contributed by atoms with Crippen molar-refractivity contribution in [2.75, 3.05) is 6.54 Å². The average molecular weight is 368 g/mol. The van der Waals surface area contributed by atoms with Crippen molar-refractivity contribution >= 4 is 39.2 Å². The molecule has 0 fully saturated rings. The van der Waals surface area contributed by atoms with Crippen LogP contribution >= 0.6 is 23.2 Å². The molecule has 124 valence electrons. The van der Waals surface area contributed by atoms with Gasteiger partial charge in [-0.25, -0.2) is 13.1 Å². The van der Waals surface area contributed by atoms with Crippen LogP contribution in [0.4, 0.5) is 0 Å². The molecule has 0 aliphatic rings. The summed E-state index contributed by atoms with van der Waals surface area (Å²) < 4.78 is 26.6. The van der Waals surface area contributed by atoms with Crippen LogP contribution < -0.4 is 4.72 Å². The van der Waals surface area contributed by atoms with Crippen LogP contribution in [0.1, 0.15) is 38.5 Å². The Morgan fingerprint density at radius 3 is 2.32 bits per heavy atom. The molecule has 0 amide bonds. The second-order valence-corrected chi connectivity index (χ2v) is 7.47. The van der Waals surface area contributed by atoms with E-state index in [0.717, 1.165) is 19.3 Å². The molecular weight excluding hydrogens is 349 g/mol. The van der Waals surface area contributed by atoms with Gasteiger partial charge in [0.2, 0.25) is 10.0 Å². The second-order valence-electron chi connectivity index (χ2n) is 4.89. The molecule has 0 heterocycles. The SMILES string of the molecule is O=C(O)CCCCCCCNS(=O)(=O)c1ccc(Cl)c(Cl)c1. The summed E-state index contributed by atoms with van der Waals surface area (Å²) in [4.78, 5) is 10.4. The Hall–Kier alpha value is -0.820. The van der Waals surface area contributed by atoms with Crippen molar-refractivity contribution in [3.8, 4) is 0 Å². The van der Waals surface area contributed by atoms with Crippen LogP contribution in [-0.4, -0.2) is 26.0 Å². The Balaban J connectivity index is 2.28. The number of hydrogen-bond donors (Lipinski definition) is 2. The molecule has 0 bridgehead atoms. The molecule has 2 N–H and O–H groups in total. The molecule has 0 atom stereocenters. The van der Waals surface area contributed by atoms with Crippen molar-refractivity contribution in [2.24, 2.45) is 0 Å². The van der Waals surface area contributed by atoms with Gasteiger partial charge in [0.15, 0.2) is 0 Å². The minimum Gasteiger partial charge on any atom is -0.481 e. The molecule has 0 saturated carbocycles. The molecule has 0 aromatic heterocycles. The first-order chi connectivity index (χ1) is 10.3. The summed E-state index contributed by atoms with van der Waals surface area (Å²) >= 11 is 11.6. The number of hydrogen-bond acceptors (Lipinski definition) is 3. The molecular formula is C14H19Cl2NO4S. The Bertz CT molecular complexity index is 605. The van der Waals surface area contributed by atoms with E-state index in [1.54, 1.807) is 0 Å². The second kappa shape index (κ2) is 9.35. The van der Waals surface area contributed by atoms with Gasteiger partial charge in [0.25, 0.3) is 0 Å². The number of nitrogens with one attached hydrogen (secondary N) is 1. The largest absolute Gasteiger partial charge is 0.481 e. The fraction of sp³-hybridized carbons (Fsp3) is 0.500. The lowest BCUT2D eigenvalue weighted by Crippen LogP contribution is -2.24. The third kappa shape index (κ3) is 6.96. The van der Waals surface area contributed by atoms with Gasteiger partial charge in [-0.3, -0.25) is 4.79 Å². The predicted octanol–water partition coefficient (Wildman–Crippen LogP) is 3.70. The van der Waals surface area contributed by atoms with Crippen LogP contribution in [0, 0.1) is 0 Å². The maximum atomic E-state index is 12.0. The molecule has 0 unspecified atom stereocenters. The minimum atomic E-state index is -3.58. The first kappa shape index (κ1) is 19.2. The first-order valence-corrected chi connectivity index (χ1v) is 9.23. The van der Waals surface area contributed by atoms with Gasteiger partial charge in [0, 0.05) is 13.0 Å². The van der Waals surface area contributed by atoms with Gasteiger partial charge in [0.05, 0.1) is 14.9 Å². The number of benzene rings is 1. The highest BCUT2D eigenvalue weighted by molar-refractivity contribution is 7.89. The van der Waals surface area contributed by atoms with Crippen LogP contribution in [0.5, 0.6) is 0 Å². The van der Waals surface area contributed by atoms with Crippen molar-refractivity contribution in [3.05, 3.63) is 28.2 Å². The Kier molecular flexibility index (Phi) is 8.17. The number of carboxylic acids is 1. The summed E-state index contributed by atoms with van der Waals surface area (Å²) in [5, 5.41) is 9.00. The zero-order valence-corrected chi connectivity index (χ0v) is 14.3. The summed E-state index contributed by atoms with van der Waals surface area (Å²) in [6.07, 6.45) is 4.12. The minimum absolute atomic E-state index is 0.0864. The third-order valence-electron chi connectivity index (χ3n) is 3.06. The Labute approximate surface area is 140 Å². The molecule has 22 heavy (non-hydrogen) atoms. The zero-order chi connectivity index (χ0) is 16.6. The Morgan fingerprint density at radius 1 is 1.05 bits per heavy atom. The third-order valence-corrected chi connectivity index (χ3v) is 5.26. The monoisotopic (exact) mass is 367 g/mol. The highest BCUT2D eigenvalue weighted by Gasteiger charge is 2.14. The molecule has 0 aliphatic carbocycles. The number of unbranched alkanes of at least 4 members (excludes halogenated alkanes) is 4. The quantitative estimate of drug-likeness (QED) is 0.617. The summed E-state index contributed by atoms with van der Waals surface area (Å²) in [6, 6.07) is 4.17. The van der Waals surface area contributed by atoms with Gasteiger partial charge in [-0.2, -0.15) is 0 Å². The summed E-state index contributed by atoms with van der Waals surface area (Å²) in [5.74, 6) is -0.783. The van der Waals surface area contributed by atoms with E-state index in [-0.39, 0.29) is 16.3 Å². The fourth-order valence-corrected chi connectivity index (χ4v) is 3.33. The van der Waals surface area contributed by atoms with Gasteiger partial charge in [-0.15, -0.1) is 0 Å². The predicted molar refractivity (Wildman–Crippen MR) is 87.0 cm³/mol. The maximum absolute atomic E-state index is 12.0. The van der Waals surface area contributed by atoms with Crippen LogP contribution in [-0.2, 0) is 14.8 Å². The average Bonchev–Trinajstić information content (AvgIpc) is 2.44. The molecule has 1 aromatic carbocycles. The summed E-state index contributed by atoms with van der Waals surface area (Å²) in [7, 11) is -3.58. The number of carbonyl (C=O) groups is 1. The fourth-order valence-electron chi connectivity index (χ4n) is 1.87. The normalized spacial score (nSPS) is 11.5. The molecule has 5 nitrogen and oxygen atoms in total. The molecule has 0 radical (unpaired) electrons. The smallest absolute Gasteiger partial charge is 0.303 e. The number of halogens is 2. The highest BCUT2D eigenvalue weighted by atomic mass is 35.5. The van der Waals surface area contributed by atoms with E-state index in [1.807, 2.05) is 0 Å². The van der Waals surface area contributed by atoms with Crippen LogP contribution in [0.25, 0.3) is 0 Å². The van der Waals surface area contributed by atoms with Gasteiger partial charge in [-0.05, 0) is 31.0 Å². The Morgan fingerprint density at radius 2 is 1.68 bits per heavy atom. The van der Waals surface area contributed by atoms with Crippen LogP contribution in [0.2, 0.25) is 10.0 Å². The maximum Gasteiger partial charge on any atom is 0.303 e. The van der Waals surface area contributed by atoms with Crippen molar-refractivity contribution in [1.29, 1.82) is 0 Å². The van der Waals surface area contributed by atoms with Gasteiger partial charge < -0.3 is 5.11 Å². The molecule has 1 aromatic rings. The summed E-state index contributed by atoms with van der Waals surface area (Å²) in [6.45, 7) is 0.335. The van der Waals surface area contributed by atoms with Gasteiger partial charge in [0.1, 0.15) is 0 Å². The first-order valence-electron chi connectivity index (χ1n) is 6.99. The van der Waals surface area contributed by atoms with Gasteiger partial charge >= 0.3 is 5.97 Å².